The van der Waals surface area contributed by atoms with Crippen LogP contribution in [0, 0.1) is 0 Å². The second-order valence-electron chi connectivity index (χ2n) is 5.48. The first kappa shape index (κ1) is 16.4. The second-order valence-corrected chi connectivity index (χ2v) is 6.95. The van der Waals surface area contributed by atoms with E-state index in [0.717, 1.165) is 37.0 Å². The van der Waals surface area contributed by atoms with Crippen molar-refractivity contribution in [3.63, 3.8) is 0 Å². The molecule has 0 saturated heterocycles. The van der Waals surface area contributed by atoms with Gasteiger partial charge in [0.05, 0.1) is 18.2 Å². The van der Waals surface area contributed by atoms with Crippen LogP contribution in [0.3, 0.4) is 0 Å². The largest absolute Gasteiger partial charge is 0.461 e. The van der Waals surface area contributed by atoms with Gasteiger partial charge < -0.3 is 10.2 Å². The maximum atomic E-state index is 9.19. The summed E-state index contributed by atoms with van der Waals surface area (Å²) in [5.41, 5.74) is 9.02. The van der Waals surface area contributed by atoms with Crippen molar-refractivity contribution in [2.45, 2.75) is 25.7 Å². The van der Waals surface area contributed by atoms with Crippen LogP contribution in [0.4, 0.5) is 5.95 Å². The van der Waals surface area contributed by atoms with Crippen LogP contribution >= 0.6 is 0 Å². The maximum Gasteiger partial charge on any atom is 0.261 e. The molecule has 24 heavy (non-hydrogen) atoms. The van der Waals surface area contributed by atoms with E-state index < -0.39 is 10.1 Å². The van der Waals surface area contributed by atoms with Gasteiger partial charge >= 0.3 is 0 Å². The number of nitrogens with two attached hydrogens (primary N) is 1. The summed E-state index contributed by atoms with van der Waals surface area (Å²) in [7, 11) is -3.67. The Morgan fingerprint density at radius 1 is 1.29 bits per heavy atom. The van der Waals surface area contributed by atoms with Crippen LogP contribution in [-0.4, -0.2) is 38.8 Å². The van der Waals surface area contributed by atoms with Crippen molar-refractivity contribution in [2.24, 2.45) is 0 Å². The lowest BCUT2D eigenvalue weighted by molar-refractivity contribution is 0.490. The summed E-state index contributed by atoms with van der Waals surface area (Å²) in [5, 5.41) is 4.39. The van der Waals surface area contributed by atoms with Gasteiger partial charge in [0.2, 0.25) is 11.8 Å². The fourth-order valence-electron chi connectivity index (χ4n) is 2.62. The number of furan rings is 1. The molecule has 3 heterocycles. The predicted molar refractivity (Wildman–Crippen MR) is 87.0 cm³/mol. The van der Waals surface area contributed by atoms with E-state index in [4.69, 9.17) is 14.7 Å². The smallest absolute Gasteiger partial charge is 0.261 e. The van der Waals surface area contributed by atoms with E-state index in [1.54, 1.807) is 10.8 Å². The van der Waals surface area contributed by atoms with Gasteiger partial charge in [0, 0.05) is 5.56 Å². The third-order valence-electron chi connectivity index (χ3n) is 3.52. The molecule has 0 bridgehead atoms. The minimum atomic E-state index is -3.67. The first-order chi connectivity index (χ1) is 11.3. The van der Waals surface area contributed by atoms with Crippen LogP contribution in [0.25, 0.3) is 17.2 Å². The van der Waals surface area contributed by atoms with E-state index in [2.05, 4.69) is 15.1 Å². The maximum absolute atomic E-state index is 9.19. The molecule has 0 unspecified atom stereocenters. The van der Waals surface area contributed by atoms with Gasteiger partial charge in [0.25, 0.3) is 10.1 Å². The number of nitrogen functional groups attached to an aromatic ring is 1. The molecule has 128 valence electrons. The third kappa shape index (κ3) is 3.54. The second kappa shape index (κ2) is 6.21. The number of hydrogen-bond acceptors (Lipinski definition) is 7. The van der Waals surface area contributed by atoms with Crippen molar-refractivity contribution in [2.75, 3.05) is 12.0 Å². The molecule has 9 nitrogen and oxygen atoms in total. The Morgan fingerprint density at radius 2 is 2.00 bits per heavy atom. The minimum absolute atomic E-state index is 0.390. The molecule has 1 aliphatic rings. The van der Waals surface area contributed by atoms with Crippen molar-refractivity contribution in [1.82, 2.24) is 19.6 Å². The van der Waals surface area contributed by atoms with Crippen molar-refractivity contribution in [1.29, 1.82) is 0 Å². The molecule has 0 fully saturated rings. The van der Waals surface area contributed by atoms with Gasteiger partial charge in [-0.1, -0.05) is 0 Å². The summed E-state index contributed by atoms with van der Waals surface area (Å²) in [6, 6.07) is 3.66. The molecule has 3 aromatic rings. The molecule has 1 aliphatic carbocycles. The van der Waals surface area contributed by atoms with Gasteiger partial charge in [0.1, 0.15) is 0 Å². The van der Waals surface area contributed by atoms with Gasteiger partial charge in [0.15, 0.2) is 11.4 Å². The molecule has 0 atom stereocenters. The molecular weight excluding hydrogens is 334 g/mol. The number of aromatic nitrogens is 4. The van der Waals surface area contributed by atoms with Gasteiger partial charge in [-0.3, -0.25) is 4.55 Å². The number of aryl methyl sites for hydroxylation is 2. The predicted octanol–water partition coefficient (Wildman–Crippen LogP) is 1.35. The van der Waals surface area contributed by atoms with Crippen molar-refractivity contribution in [3.05, 3.63) is 29.7 Å². The highest BCUT2D eigenvalue weighted by Gasteiger charge is 2.20. The topological polar surface area (TPSA) is 137 Å². The molecule has 0 amide bonds. The van der Waals surface area contributed by atoms with Crippen LogP contribution in [-0.2, 0) is 23.0 Å². The number of hydrogen-bond donors (Lipinski definition) is 2. The Balaban J connectivity index is 0.000000300. The van der Waals surface area contributed by atoms with E-state index in [0.29, 0.717) is 23.8 Å². The fourth-order valence-corrected chi connectivity index (χ4v) is 2.62. The van der Waals surface area contributed by atoms with Gasteiger partial charge in [-0.05, 0) is 37.8 Å². The first-order valence-corrected chi connectivity index (χ1v) is 9.18. The van der Waals surface area contributed by atoms with Crippen LogP contribution in [0.1, 0.15) is 24.1 Å². The Hall–Kier alpha value is -2.46. The lowest BCUT2D eigenvalue weighted by atomic mass is 9.97. The average Bonchev–Trinajstić information content (AvgIpc) is 3.15. The van der Waals surface area contributed by atoms with Crippen LogP contribution in [0.5, 0.6) is 0 Å². The highest BCUT2D eigenvalue weighted by Crippen LogP contribution is 2.26. The summed E-state index contributed by atoms with van der Waals surface area (Å²) in [5.74, 6) is 1.59. The van der Waals surface area contributed by atoms with Crippen LogP contribution in [0.15, 0.2) is 22.8 Å². The van der Waals surface area contributed by atoms with E-state index >= 15 is 0 Å². The highest BCUT2D eigenvalue weighted by molar-refractivity contribution is 7.85. The number of anilines is 1. The third-order valence-corrected chi connectivity index (χ3v) is 3.52. The summed E-state index contributed by atoms with van der Waals surface area (Å²) in [6.07, 6.45) is 6.61. The molecule has 4 rings (SSSR count). The molecule has 0 aromatic carbocycles. The van der Waals surface area contributed by atoms with Gasteiger partial charge in [-0.25, -0.2) is 9.97 Å². The fraction of sp³-hybridized carbons (Fsp3) is 0.357. The van der Waals surface area contributed by atoms with E-state index in [-0.39, 0.29) is 0 Å². The Bertz CT molecular complexity index is 955. The summed E-state index contributed by atoms with van der Waals surface area (Å²) < 4.78 is 32.8. The van der Waals surface area contributed by atoms with Crippen molar-refractivity contribution in [3.8, 4) is 11.6 Å². The van der Waals surface area contributed by atoms with Crippen LogP contribution < -0.4 is 5.73 Å². The van der Waals surface area contributed by atoms with Gasteiger partial charge in [-0.15, -0.1) is 5.10 Å². The first-order valence-electron chi connectivity index (χ1n) is 7.33. The molecule has 10 heteroatoms. The highest BCUT2D eigenvalue weighted by atomic mass is 32.2. The molecule has 3 N–H and O–H groups in total. The minimum Gasteiger partial charge on any atom is -0.461 e. The molecule has 0 spiro atoms. The van der Waals surface area contributed by atoms with Crippen molar-refractivity contribution >= 4 is 21.7 Å². The Labute approximate surface area is 138 Å². The number of fused-ring (bicyclic) bond motifs is 3. The van der Waals surface area contributed by atoms with E-state index in [9.17, 15) is 8.42 Å². The normalized spacial score (nSPS) is 14.1. The van der Waals surface area contributed by atoms with Gasteiger partial charge in [-0.2, -0.15) is 12.9 Å². The quantitative estimate of drug-likeness (QED) is 0.627. The molecule has 0 aliphatic heterocycles. The monoisotopic (exact) mass is 351 g/mol. The Kier molecular flexibility index (Phi) is 4.24. The molecule has 3 aromatic heterocycles. The average molecular weight is 351 g/mol. The lowest BCUT2D eigenvalue weighted by Gasteiger charge is -2.15. The summed E-state index contributed by atoms with van der Waals surface area (Å²) >= 11 is 0. The number of nitrogens with zero attached hydrogens (tertiary/aromatic N) is 4. The summed E-state index contributed by atoms with van der Waals surface area (Å²) in [6.45, 7) is 0. The van der Waals surface area contributed by atoms with E-state index in [1.807, 2.05) is 12.1 Å². The standard InChI is InChI=1S/C13H13N5O.CH4O3S/c14-13-15-9-5-2-1-4-8(9)12-16-11(17-18(12)13)10-6-3-7-19-10;1-5(2,3)4/h3,6-7H,1-2,4-5H2,(H2,14,15);1H3,(H,2,3,4). The van der Waals surface area contributed by atoms with E-state index in [1.165, 1.54) is 5.56 Å². The summed E-state index contributed by atoms with van der Waals surface area (Å²) in [4.78, 5) is 9.01. The molecule has 0 saturated carbocycles. The molecule has 0 radical (unpaired) electrons. The van der Waals surface area contributed by atoms with Crippen LogP contribution in [0.2, 0.25) is 0 Å². The van der Waals surface area contributed by atoms with Crippen molar-refractivity contribution < 1.29 is 17.4 Å². The zero-order valence-electron chi connectivity index (χ0n) is 13.0. The zero-order valence-corrected chi connectivity index (χ0v) is 13.8. The molecular formula is C14H17N5O4S. The SMILES string of the molecule is CS(=O)(=O)O.Nc1nc2c(c3nc(-c4ccco4)nn13)CCCC2. The lowest BCUT2D eigenvalue weighted by Crippen LogP contribution is -2.12. The zero-order chi connectivity index (χ0) is 17.3. The number of rotatable bonds is 1. The Morgan fingerprint density at radius 3 is 2.67 bits per heavy atom.